The molecule has 0 spiro atoms. The van der Waals surface area contributed by atoms with Crippen molar-refractivity contribution >= 4 is 55.1 Å². The van der Waals surface area contributed by atoms with Gasteiger partial charge in [0.05, 0.1) is 5.70 Å². The first-order valence-electron chi connectivity index (χ1n) is 11.2. The van der Waals surface area contributed by atoms with Crippen LogP contribution < -0.4 is 10.5 Å². The Hall–Kier alpha value is -1.30. The van der Waals surface area contributed by atoms with Crippen LogP contribution in [0.15, 0.2) is 11.5 Å². The summed E-state index contributed by atoms with van der Waals surface area (Å²) in [6.07, 6.45) is 1.71. The lowest BCUT2D eigenvalue weighted by atomic mass is 9.96. The third-order valence-electron chi connectivity index (χ3n) is 6.39. The molecule has 192 valence electrons. The molecule has 1 aliphatic carbocycles. The number of nitrogens with zero attached hydrogens (tertiary/aromatic N) is 5. The van der Waals surface area contributed by atoms with Crippen LogP contribution in [0, 0.1) is 5.92 Å². The van der Waals surface area contributed by atoms with Crippen LogP contribution in [0.25, 0.3) is 22.7 Å². The molecule has 1 aliphatic heterocycles. The van der Waals surface area contributed by atoms with Gasteiger partial charge in [0.1, 0.15) is 16.7 Å². The Bertz CT molecular complexity index is 1170. The molecule has 3 N–H and O–H groups in total. The molecule has 1 saturated heterocycles. The highest BCUT2D eigenvalue weighted by molar-refractivity contribution is 7.87. The van der Waals surface area contributed by atoms with Crippen LogP contribution in [0.2, 0.25) is 5.15 Å². The summed E-state index contributed by atoms with van der Waals surface area (Å²) >= 11 is 7.34. The smallest absolute Gasteiger partial charge is 0.291 e. The number of piperidine rings is 1. The molecule has 0 aromatic carbocycles. The second-order valence-corrected chi connectivity index (χ2v) is 12.8. The van der Waals surface area contributed by atoms with E-state index in [0.29, 0.717) is 35.3 Å². The predicted molar refractivity (Wildman–Crippen MR) is 141 cm³/mol. The fraction of sp³-hybridized carbons (Fsp3) is 0.571. The van der Waals surface area contributed by atoms with Gasteiger partial charge in [-0.15, -0.1) is 19.4 Å². The minimum Gasteiger partial charge on any atom is -0.370 e. The number of halogens is 3. The standard InChI is InChI=1S/C21H29ClF2N7OPS2/c1-11(35(32)29-21(3)5-6-21)9-31-15(12(2)30-7-4-13(8-25)14(33)10-30)16(22)26-18(31)20-28-27-19(34-20)17(23)24/h9,13-14,17,29H,2,4-8,10,25,33H2,1,3H3/b11-9+/t13-,14-,35?/m0/s1. The van der Waals surface area contributed by atoms with Crippen molar-refractivity contribution in [2.45, 2.75) is 50.7 Å². The molecular formula is C21H29ClF2N7OPS2. The summed E-state index contributed by atoms with van der Waals surface area (Å²) in [6.45, 7) is 10.1. The lowest BCUT2D eigenvalue weighted by Gasteiger charge is -2.38. The van der Waals surface area contributed by atoms with Gasteiger partial charge in [-0.3, -0.25) is 4.57 Å². The zero-order chi connectivity index (χ0) is 25.5. The van der Waals surface area contributed by atoms with Crippen LogP contribution in [0.1, 0.15) is 50.2 Å². The summed E-state index contributed by atoms with van der Waals surface area (Å²) in [6, 6.07) is 0. The maximum absolute atomic E-state index is 13.2. The minimum absolute atomic E-state index is 0.145. The van der Waals surface area contributed by atoms with Crippen molar-refractivity contribution in [3.05, 3.63) is 27.3 Å². The van der Waals surface area contributed by atoms with Gasteiger partial charge in [-0.05, 0) is 51.2 Å². The van der Waals surface area contributed by atoms with Crippen LogP contribution >= 0.6 is 32.2 Å². The van der Waals surface area contributed by atoms with E-state index < -0.39 is 22.4 Å². The Morgan fingerprint density at radius 2 is 2.20 bits per heavy atom. The van der Waals surface area contributed by atoms with Gasteiger partial charge < -0.3 is 10.6 Å². The molecule has 4 rings (SSSR count). The summed E-state index contributed by atoms with van der Waals surface area (Å²) in [5.41, 5.74) is 7.16. The van der Waals surface area contributed by atoms with E-state index in [-0.39, 0.29) is 27.2 Å². The zero-order valence-corrected chi connectivity index (χ0v) is 23.1. The van der Waals surface area contributed by atoms with Crippen LogP contribution in [0.4, 0.5) is 8.78 Å². The molecule has 2 unspecified atom stereocenters. The first-order chi connectivity index (χ1) is 16.5. The first-order valence-corrected chi connectivity index (χ1v) is 14.2. The number of hydrogen-bond donors (Lipinski definition) is 2. The van der Waals surface area contributed by atoms with Crippen molar-refractivity contribution in [1.82, 2.24) is 29.4 Å². The normalized spacial score (nSPS) is 23.1. The number of nitrogens with two attached hydrogens (primary N) is 1. The molecular weight excluding hydrogens is 535 g/mol. The Kier molecular flexibility index (Phi) is 8.10. The fourth-order valence-electron chi connectivity index (χ4n) is 3.89. The van der Waals surface area contributed by atoms with Crippen LogP contribution in [0.3, 0.4) is 0 Å². The molecule has 4 atom stereocenters. The van der Waals surface area contributed by atoms with Crippen molar-refractivity contribution in [2.24, 2.45) is 11.7 Å². The van der Waals surface area contributed by atoms with Crippen LogP contribution in [0.5, 0.6) is 0 Å². The lowest BCUT2D eigenvalue weighted by Crippen LogP contribution is -2.42. The second kappa shape index (κ2) is 10.6. The highest BCUT2D eigenvalue weighted by Gasteiger charge is 2.39. The first kappa shape index (κ1) is 26.8. The van der Waals surface area contributed by atoms with Gasteiger partial charge in [-0.25, -0.2) is 22.7 Å². The number of likely N-dealkylation sites (tertiary alicyclic amines) is 1. The molecule has 2 aliphatic rings. The topological polar surface area (TPSA) is 102 Å². The predicted octanol–water partition coefficient (Wildman–Crippen LogP) is 4.11. The number of allylic oxidation sites excluding steroid dienone is 1. The van der Waals surface area contributed by atoms with E-state index in [9.17, 15) is 13.0 Å². The minimum atomic E-state index is -2.74. The molecule has 0 amide bonds. The third-order valence-corrected chi connectivity index (χ3v) is 9.71. The molecule has 2 fully saturated rings. The molecule has 2 aromatic rings. The summed E-state index contributed by atoms with van der Waals surface area (Å²) in [4.78, 5) is 7.07. The van der Waals surface area contributed by atoms with E-state index in [1.54, 1.807) is 17.7 Å². The molecule has 0 bridgehead atoms. The number of nitrogens with one attached hydrogen (secondary N) is 1. The fourth-order valence-corrected chi connectivity index (χ4v) is 6.48. The van der Waals surface area contributed by atoms with Gasteiger partial charge in [-0.1, -0.05) is 29.5 Å². The van der Waals surface area contributed by atoms with Crippen molar-refractivity contribution in [3.63, 3.8) is 0 Å². The van der Waals surface area contributed by atoms with Crippen molar-refractivity contribution in [1.29, 1.82) is 0 Å². The number of aromatic nitrogens is 4. The van der Waals surface area contributed by atoms with Gasteiger partial charge in [0.2, 0.25) is 0 Å². The van der Waals surface area contributed by atoms with Crippen LogP contribution in [-0.2, 0) is 11.0 Å². The quantitative estimate of drug-likeness (QED) is 0.445. The Morgan fingerprint density at radius 3 is 2.77 bits per heavy atom. The highest BCUT2D eigenvalue weighted by Crippen LogP contribution is 2.38. The van der Waals surface area contributed by atoms with Gasteiger partial charge in [-0.2, -0.15) is 0 Å². The van der Waals surface area contributed by atoms with E-state index in [4.69, 9.17) is 17.3 Å². The molecule has 1 saturated carbocycles. The molecule has 3 heterocycles. The van der Waals surface area contributed by atoms with Gasteiger partial charge in [0.15, 0.2) is 21.0 Å². The highest BCUT2D eigenvalue weighted by atomic mass is 35.5. The maximum Gasteiger partial charge on any atom is 0.291 e. The van der Waals surface area contributed by atoms with Gasteiger partial charge in [0.25, 0.3) is 6.43 Å². The summed E-state index contributed by atoms with van der Waals surface area (Å²) in [5, 5.41) is 7.43. The van der Waals surface area contributed by atoms with Crippen molar-refractivity contribution in [2.75, 3.05) is 19.6 Å². The molecule has 2 aromatic heterocycles. The summed E-state index contributed by atoms with van der Waals surface area (Å²) < 4.78 is 44.1. The molecule has 8 nitrogen and oxygen atoms in total. The summed E-state index contributed by atoms with van der Waals surface area (Å²) in [5.74, 6) is 0.636. The number of alkyl halides is 2. The SMILES string of the molecule is C=C(c1c(Cl)nc(-c2nnc(C(F)F)s2)n1/C=C(\C)S(=O)NC1(C)CC1)N1CC[C@@H](CN)[C@@H](P)C1. The molecule has 14 heteroatoms. The molecule has 0 radical (unpaired) electrons. The Balaban J connectivity index is 1.74. The largest absolute Gasteiger partial charge is 0.370 e. The van der Waals surface area contributed by atoms with Crippen molar-refractivity contribution in [3.8, 4) is 10.8 Å². The van der Waals surface area contributed by atoms with Crippen LogP contribution in [-0.4, -0.2) is 59.7 Å². The second-order valence-electron chi connectivity index (χ2n) is 9.20. The number of hydrogen-bond acceptors (Lipinski definition) is 7. The number of imidazole rings is 1. The van der Waals surface area contributed by atoms with Crippen molar-refractivity contribution < 1.29 is 13.0 Å². The number of rotatable bonds is 9. The molecule has 35 heavy (non-hydrogen) atoms. The van der Waals surface area contributed by atoms with E-state index in [1.807, 2.05) is 6.92 Å². The van der Waals surface area contributed by atoms with E-state index in [2.05, 4.69) is 40.6 Å². The van der Waals surface area contributed by atoms with E-state index in [1.165, 1.54) is 0 Å². The lowest BCUT2D eigenvalue weighted by molar-refractivity contribution is 0.150. The zero-order valence-electron chi connectivity index (χ0n) is 19.5. The Labute approximate surface area is 217 Å². The van der Waals surface area contributed by atoms with E-state index in [0.717, 1.165) is 37.1 Å². The van der Waals surface area contributed by atoms with E-state index >= 15 is 0 Å². The van der Waals surface area contributed by atoms with Gasteiger partial charge in [0, 0.05) is 29.7 Å². The average Bonchev–Trinajstić information content (AvgIpc) is 3.20. The Morgan fingerprint density at radius 1 is 1.49 bits per heavy atom. The maximum atomic E-state index is 13.2. The third kappa shape index (κ3) is 5.83. The van der Waals surface area contributed by atoms with Gasteiger partial charge >= 0.3 is 0 Å². The average molecular weight is 564 g/mol. The summed E-state index contributed by atoms with van der Waals surface area (Å²) in [7, 11) is 1.39. The monoisotopic (exact) mass is 563 g/mol.